The summed E-state index contributed by atoms with van der Waals surface area (Å²) < 4.78 is 12.2. The lowest BCUT2D eigenvalue weighted by atomic mass is 9.90. The van der Waals surface area contributed by atoms with E-state index in [1.807, 2.05) is 86.1 Å². The molecular weight excluding hydrogens is 780 g/mol. The Labute approximate surface area is 341 Å². The van der Waals surface area contributed by atoms with Crippen molar-refractivity contribution in [3.63, 3.8) is 0 Å². The Bertz CT molecular complexity index is 1910. The summed E-state index contributed by atoms with van der Waals surface area (Å²) in [5.74, 6) is 2.51. The fraction of sp³-hybridized carbons (Fsp3) is 0.390. The summed E-state index contributed by atoms with van der Waals surface area (Å²) in [7, 11) is 0. The molecule has 0 amide bonds. The largest absolute Gasteiger partial charge is 0.494 e. The van der Waals surface area contributed by atoms with E-state index in [2.05, 4.69) is 4.98 Å². The summed E-state index contributed by atoms with van der Waals surface area (Å²) in [6, 6.07) is 23.5. The minimum absolute atomic E-state index is 0.0794. The first-order valence-corrected chi connectivity index (χ1v) is 21.1. The van der Waals surface area contributed by atoms with Gasteiger partial charge >= 0.3 is 0 Å². The van der Waals surface area contributed by atoms with E-state index in [0.717, 1.165) is 81.7 Å². The maximum absolute atomic E-state index is 9.48. The number of hydroxylamine groups is 1. The molecule has 3 N–H and O–H groups in total. The number of halogens is 2. The molecule has 0 fully saturated rings. The van der Waals surface area contributed by atoms with Crippen LogP contribution >= 0.6 is 45.9 Å². The highest BCUT2D eigenvalue weighted by Gasteiger charge is 2.19. The van der Waals surface area contributed by atoms with Crippen LogP contribution in [-0.2, 0) is 27.7 Å². The van der Waals surface area contributed by atoms with Gasteiger partial charge in [-0.25, -0.2) is 19.7 Å². The lowest BCUT2D eigenvalue weighted by Crippen LogP contribution is -2.23. The van der Waals surface area contributed by atoms with Crippen LogP contribution in [0.25, 0.3) is 22.5 Å². The summed E-state index contributed by atoms with van der Waals surface area (Å²) >= 11 is 15.4. The lowest BCUT2D eigenvalue weighted by Gasteiger charge is -2.21. The Kier molecular flexibility index (Phi) is 17.7. The Hall–Kier alpha value is -3.59. The zero-order chi connectivity index (χ0) is 38.8. The molecule has 0 saturated heterocycles. The molecule has 0 saturated carbocycles. The number of aromatic nitrogens is 2. The zero-order valence-corrected chi connectivity index (χ0v) is 34.3. The number of hydrogen-bond donors (Lipinski definition) is 3. The molecule has 0 bridgehead atoms. The van der Waals surface area contributed by atoms with Gasteiger partial charge in [0.1, 0.15) is 17.3 Å². The molecule has 0 aliphatic rings. The molecule has 3 aromatic carbocycles. The van der Waals surface area contributed by atoms with Crippen molar-refractivity contribution in [1.29, 1.82) is 5.41 Å². The molecule has 1 unspecified atom stereocenters. The number of nitrogens with one attached hydrogen (secondary N) is 2. The first-order chi connectivity index (χ1) is 26.9. The van der Waals surface area contributed by atoms with Gasteiger partial charge in [0, 0.05) is 44.1 Å². The average molecular weight is 828 g/mol. The Morgan fingerprint density at radius 3 is 1.85 bits per heavy atom. The van der Waals surface area contributed by atoms with Crippen molar-refractivity contribution in [2.45, 2.75) is 64.7 Å². The molecule has 294 valence electrons. The van der Waals surface area contributed by atoms with E-state index in [1.54, 1.807) is 28.7 Å². The highest BCUT2D eigenvalue weighted by Crippen LogP contribution is 2.32. The third kappa shape index (κ3) is 13.0. The third-order valence-corrected chi connectivity index (χ3v) is 11.2. The fourth-order valence-electron chi connectivity index (χ4n) is 6.11. The number of unbranched alkanes of at least 4 members (excludes halogenated alkanes) is 2. The second-order valence-electron chi connectivity index (χ2n) is 12.8. The molecule has 55 heavy (non-hydrogen) atoms. The van der Waals surface area contributed by atoms with Crippen molar-refractivity contribution in [2.75, 3.05) is 38.2 Å². The number of rotatable bonds is 24. The van der Waals surface area contributed by atoms with Crippen LogP contribution in [0.3, 0.4) is 0 Å². The Balaban J connectivity index is 1.00. The number of thiazole rings is 2. The van der Waals surface area contributed by atoms with Gasteiger partial charge in [-0.2, -0.15) is 0 Å². The van der Waals surface area contributed by atoms with Crippen molar-refractivity contribution < 1.29 is 29.5 Å². The third-order valence-electron chi connectivity index (χ3n) is 8.76. The zero-order valence-electron chi connectivity index (χ0n) is 31.2. The maximum Gasteiger partial charge on any atom is 0.149 e. The van der Waals surface area contributed by atoms with Crippen LogP contribution in [0.5, 0.6) is 11.5 Å². The number of aryl methyl sites for hydroxylation is 4. The predicted molar refractivity (Wildman–Crippen MR) is 221 cm³/mol. The van der Waals surface area contributed by atoms with Crippen molar-refractivity contribution in [3.8, 4) is 34.0 Å². The number of ether oxygens (including phenoxy) is 2. The smallest absolute Gasteiger partial charge is 0.149 e. The van der Waals surface area contributed by atoms with Gasteiger partial charge in [0.05, 0.1) is 47.8 Å². The summed E-state index contributed by atoms with van der Waals surface area (Å²) in [5.41, 5.74) is 7.53. The van der Waals surface area contributed by atoms with Crippen LogP contribution in [-0.4, -0.2) is 59.2 Å². The molecule has 0 spiro atoms. The molecule has 5 aromatic rings. The summed E-state index contributed by atoms with van der Waals surface area (Å²) in [6.45, 7) is 5.70. The van der Waals surface area contributed by atoms with E-state index in [4.69, 9.17) is 57.9 Å². The number of benzene rings is 3. The summed E-state index contributed by atoms with van der Waals surface area (Å²) in [5, 5.41) is 24.8. The molecule has 0 aliphatic heterocycles. The molecule has 0 radical (unpaired) electrons. The number of amidine groups is 1. The Morgan fingerprint density at radius 2 is 1.27 bits per heavy atom. The van der Waals surface area contributed by atoms with Crippen molar-refractivity contribution in [3.05, 3.63) is 104 Å². The van der Waals surface area contributed by atoms with Crippen LogP contribution in [0.2, 0.25) is 0 Å². The second-order valence-corrected chi connectivity index (χ2v) is 16.1. The van der Waals surface area contributed by atoms with Crippen molar-refractivity contribution in [2.24, 2.45) is 0 Å². The van der Waals surface area contributed by atoms with Gasteiger partial charge in [0.25, 0.3) is 0 Å². The second kappa shape index (κ2) is 22.8. The standard InChI is InChI=1S/C41H48Cl2N4O6S2/c1-28-45-39(37(54-28)20-22-42)30-12-16-33(17-13-30)49-24-6-3-7-25-51-53-52-26-8-9-32(35-10-4-5-11-36(35)41(44)47-48)27-50-34-18-14-31(15-19-34)40-38(21-23-43)55-29(2)46-40/h4-5,10-19,32,48H,3,6-9,20-27H2,1-2H3,(H2,44,47). The molecule has 1 atom stereocenters. The first kappa shape index (κ1) is 42.6. The van der Waals surface area contributed by atoms with Crippen LogP contribution in [0.15, 0.2) is 72.8 Å². The van der Waals surface area contributed by atoms with Gasteiger partial charge in [-0.15, -0.1) is 45.9 Å². The van der Waals surface area contributed by atoms with Gasteiger partial charge in [-0.05, 0) is 113 Å². The van der Waals surface area contributed by atoms with Crippen molar-refractivity contribution >= 4 is 51.7 Å². The first-order valence-electron chi connectivity index (χ1n) is 18.4. The van der Waals surface area contributed by atoms with Gasteiger partial charge in [-0.3, -0.25) is 16.1 Å². The van der Waals surface area contributed by atoms with Gasteiger partial charge in [0.15, 0.2) is 0 Å². The monoisotopic (exact) mass is 826 g/mol. The summed E-state index contributed by atoms with van der Waals surface area (Å²) in [4.78, 5) is 22.3. The van der Waals surface area contributed by atoms with E-state index in [9.17, 15) is 5.21 Å². The quantitative estimate of drug-likeness (QED) is 0.0139. The summed E-state index contributed by atoms with van der Waals surface area (Å²) in [6.07, 6.45) is 5.53. The maximum atomic E-state index is 9.48. The van der Waals surface area contributed by atoms with Gasteiger partial charge in [-0.1, -0.05) is 29.3 Å². The van der Waals surface area contributed by atoms with Crippen LogP contribution in [0.4, 0.5) is 0 Å². The van der Waals surface area contributed by atoms with E-state index >= 15 is 0 Å². The minimum atomic E-state index is -0.0954. The predicted octanol–water partition coefficient (Wildman–Crippen LogP) is 10.5. The normalized spacial score (nSPS) is 11.8. The Morgan fingerprint density at radius 1 is 0.727 bits per heavy atom. The van der Waals surface area contributed by atoms with E-state index in [-0.39, 0.29) is 11.8 Å². The highest BCUT2D eigenvalue weighted by molar-refractivity contribution is 7.12. The van der Waals surface area contributed by atoms with Crippen LogP contribution in [0, 0.1) is 19.3 Å². The van der Waals surface area contributed by atoms with E-state index in [0.29, 0.717) is 56.6 Å². The van der Waals surface area contributed by atoms with E-state index < -0.39 is 0 Å². The molecular formula is C41H48Cl2N4O6S2. The minimum Gasteiger partial charge on any atom is -0.494 e. The van der Waals surface area contributed by atoms with Crippen LogP contribution in [0.1, 0.15) is 68.9 Å². The fourth-order valence-corrected chi connectivity index (χ4v) is 8.62. The topological polar surface area (TPSA) is 128 Å². The van der Waals surface area contributed by atoms with Crippen LogP contribution < -0.4 is 15.0 Å². The van der Waals surface area contributed by atoms with Gasteiger partial charge < -0.3 is 9.47 Å². The number of alkyl halides is 2. The molecule has 2 aromatic heterocycles. The van der Waals surface area contributed by atoms with E-state index in [1.165, 1.54) is 9.75 Å². The van der Waals surface area contributed by atoms with Gasteiger partial charge in [0.2, 0.25) is 0 Å². The average Bonchev–Trinajstić information content (AvgIpc) is 3.77. The molecule has 5 rings (SSSR count). The number of nitrogens with zero attached hydrogens (tertiary/aromatic N) is 2. The van der Waals surface area contributed by atoms with Crippen molar-refractivity contribution in [1.82, 2.24) is 15.4 Å². The molecule has 0 aliphatic carbocycles. The number of hydrogen-bond acceptors (Lipinski definition) is 11. The molecule has 14 heteroatoms. The SMILES string of the molecule is Cc1nc(-c2ccc(OCCCCCOOOCCCC(COc3ccc(-c4nc(C)sc4CCCl)cc3)c3ccccc3C(=N)NO)cc2)c(CCCl)s1. The highest BCUT2D eigenvalue weighted by atomic mass is 35.5. The molecule has 2 heterocycles. The molecule has 10 nitrogen and oxygen atoms in total. The lowest BCUT2D eigenvalue weighted by molar-refractivity contribution is -0.512.